The molecule has 3 rings (SSSR count). The van der Waals surface area contributed by atoms with E-state index in [9.17, 15) is 4.79 Å². The molecule has 2 aromatic carbocycles. The van der Waals surface area contributed by atoms with Crippen molar-refractivity contribution in [2.24, 2.45) is 5.10 Å². The summed E-state index contributed by atoms with van der Waals surface area (Å²) in [6, 6.07) is 15.5. The Morgan fingerprint density at radius 3 is 2.68 bits per heavy atom. The predicted octanol–water partition coefficient (Wildman–Crippen LogP) is 4.85. The maximum Gasteiger partial charge on any atom is 0.277 e. The molecule has 6 heteroatoms. The maximum atomic E-state index is 11.9. The lowest BCUT2D eigenvalue weighted by atomic mass is 10.0. The first-order chi connectivity index (χ1) is 13.4. The second-order valence-corrected chi connectivity index (χ2v) is 7.23. The van der Waals surface area contributed by atoms with Crippen LogP contribution in [-0.4, -0.2) is 23.7 Å². The molecule has 0 aliphatic carbocycles. The highest BCUT2D eigenvalue weighted by atomic mass is 35.5. The van der Waals surface area contributed by atoms with Gasteiger partial charge in [0.2, 0.25) is 0 Å². The summed E-state index contributed by atoms with van der Waals surface area (Å²) < 4.78 is 5.47. The summed E-state index contributed by atoms with van der Waals surface area (Å²) >= 11 is 6.21. The minimum Gasteiger partial charge on any atom is -0.484 e. The lowest BCUT2D eigenvalue weighted by molar-refractivity contribution is -0.123. The van der Waals surface area contributed by atoms with Crippen LogP contribution in [-0.2, 0) is 4.79 Å². The van der Waals surface area contributed by atoms with Gasteiger partial charge in [-0.2, -0.15) is 5.10 Å². The number of benzene rings is 2. The van der Waals surface area contributed by atoms with Crippen LogP contribution in [0.4, 0.5) is 0 Å². The maximum absolute atomic E-state index is 11.9. The van der Waals surface area contributed by atoms with Crippen LogP contribution in [0.2, 0.25) is 5.15 Å². The first-order valence-electron chi connectivity index (χ1n) is 9.04. The van der Waals surface area contributed by atoms with E-state index in [4.69, 9.17) is 16.3 Å². The van der Waals surface area contributed by atoms with E-state index in [1.54, 1.807) is 0 Å². The minimum absolute atomic E-state index is 0.124. The van der Waals surface area contributed by atoms with E-state index in [0.29, 0.717) is 22.4 Å². The van der Waals surface area contributed by atoms with Crippen LogP contribution < -0.4 is 10.2 Å². The molecule has 1 heterocycles. The Labute approximate surface area is 169 Å². The van der Waals surface area contributed by atoms with Gasteiger partial charge in [-0.15, -0.1) is 0 Å². The van der Waals surface area contributed by atoms with Crippen molar-refractivity contribution in [1.29, 1.82) is 0 Å². The highest BCUT2D eigenvalue weighted by molar-refractivity contribution is 6.32. The summed E-state index contributed by atoms with van der Waals surface area (Å²) in [7, 11) is 0. The van der Waals surface area contributed by atoms with E-state index >= 15 is 0 Å². The fraction of sp³-hybridized carbons (Fsp3) is 0.227. The average Bonchev–Trinajstić information content (AvgIpc) is 2.67. The molecule has 0 atom stereocenters. The van der Waals surface area contributed by atoms with Crippen molar-refractivity contribution in [2.45, 2.75) is 26.7 Å². The summed E-state index contributed by atoms with van der Waals surface area (Å²) in [5, 5.41) is 5.23. The molecule has 0 bridgehead atoms. The van der Waals surface area contributed by atoms with Crippen molar-refractivity contribution in [3.63, 3.8) is 0 Å². The van der Waals surface area contributed by atoms with E-state index in [0.717, 1.165) is 16.5 Å². The van der Waals surface area contributed by atoms with Gasteiger partial charge in [0.05, 0.1) is 11.7 Å². The van der Waals surface area contributed by atoms with Crippen molar-refractivity contribution in [2.75, 3.05) is 6.61 Å². The summed E-state index contributed by atoms with van der Waals surface area (Å²) in [6.45, 7) is 6.13. The van der Waals surface area contributed by atoms with Gasteiger partial charge < -0.3 is 4.74 Å². The van der Waals surface area contributed by atoms with Gasteiger partial charge in [-0.1, -0.05) is 49.7 Å². The number of aryl methyl sites for hydroxylation is 1. The van der Waals surface area contributed by atoms with Gasteiger partial charge in [0.15, 0.2) is 6.61 Å². The van der Waals surface area contributed by atoms with Crippen LogP contribution in [0.3, 0.4) is 0 Å². The lowest BCUT2D eigenvalue weighted by Crippen LogP contribution is -2.24. The van der Waals surface area contributed by atoms with E-state index in [1.807, 2.05) is 55.5 Å². The summed E-state index contributed by atoms with van der Waals surface area (Å²) in [5.74, 6) is 0.734. The number of pyridine rings is 1. The van der Waals surface area contributed by atoms with Crippen molar-refractivity contribution in [3.05, 3.63) is 70.4 Å². The number of ether oxygens (including phenoxy) is 1. The van der Waals surface area contributed by atoms with Crippen LogP contribution >= 0.6 is 11.6 Å². The lowest BCUT2D eigenvalue weighted by Gasteiger charge is -2.08. The van der Waals surface area contributed by atoms with Crippen LogP contribution in [0.25, 0.3) is 10.9 Å². The first kappa shape index (κ1) is 19.8. The zero-order valence-electron chi connectivity index (χ0n) is 16.1. The second-order valence-electron chi connectivity index (χ2n) is 6.87. The van der Waals surface area contributed by atoms with Gasteiger partial charge in [0.1, 0.15) is 10.9 Å². The molecule has 144 valence electrons. The Bertz CT molecular complexity index is 1010. The molecule has 0 aliphatic rings. The Kier molecular flexibility index (Phi) is 6.26. The van der Waals surface area contributed by atoms with E-state index in [-0.39, 0.29) is 12.5 Å². The molecule has 5 nitrogen and oxygen atoms in total. The number of halogens is 1. The van der Waals surface area contributed by atoms with Gasteiger partial charge in [-0.25, -0.2) is 10.4 Å². The fourth-order valence-corrected chi connectivity index (χ4v) is 2.86. The monoisotopic (exact) mass is 395 g/mol. The standard InChI is InChI=1S/C22H22ClN3O2/c1-14(2)16-6-8-19(9-7-16)28-13-21(27)26-24-12-18-11-17-5-4-15(3)10-20(17)25-22(18)23/h4-12,14H,13H2,1-3H3,(H,26,27)/b24-12+. The molecule has 0 aliphatic heterocycles. The Morgan fingerprint density at radius 2 is 1.96 bits per heavy atom. The van der Waals surface area contributed by atoms with Crippen molar-refractivity contribution >= 4 is 34.6 Å². The van der Waals surface area contributed by atoms with Crippen LogP contribution in [0, 0.1) is 6.92 Å². The summed E-state index contributed by atoms with van der Waals surface area (Å²) in [4.78, 5) is 16.3. The Hall–Kier alpha value is -2.92. The Morgan fingerprint density at radius 1 is 1.21 bits per heavy atom. The largest absolute Gasteiger partial charge is 0.484 e. The van der Waals surface area contributed by atoms with Crippen LogP contribution in [0.15, 0.2) is 53.6 Å². The number of nitrogens with one attached hydrogen (secondary N) is 1. The molecular weight excluding hydrogens is 374 g/mol. The normalized spacial score (nSPS) is 11.3. The third-order valence-electron chi connectivity index (χ3n) is 4.26. The first-order valence-corrected chi connectivity index (χ1v) is 9.42. The number of rotatable bonds is 6. The molecule has 28 heavy (non-hydrogen) atoms. The summed E-state index contributed by atoms with van der Waals surface area (Å²) in [5.41, 5.74) is 6.22. The SMILES string of the molecule is Cc1ccc2cc(/C=N/NC(=O)COc3ccc(C(C)C)cc3)c(Cl)nc2c1. The van der Waals surface area contributed by atoms with Gasteiger partial charge in [0, 0.05) is 10.9 Å². The molecular formula is C22H22ClN3O2. The highest BCUT2D eigenvalue weighted by Crippen LogP contribution is 2.20. The zero-order valence-corrected chi connectivity index (χ0v) is 16.8. The number of carbonyl (C=O) groups excluding carboxylic acids is 1. The summed E-state index contributed by atoms with van der Waals surface area (Å²) in [6.07, 6.45) is 1.48. The number of aromatic nitrogens is 1. The number of nitrogens with zero attached hydrogens (tertiary/aromatic N) is 2. The van der Waals surface area contributed by atoms with Gasteiger partial charge in [-0.05, 0) is 48.2 Å². The van der Waals surface area contributed by atoms with E-state index < -0.39 is 0 Å². The average molecular weight is 396 g/mol. The number of hydrogen-bond donors (Lipinski definition) is 1. The number of carbonyl (C=O) groups is 1. The fourth-order valence-electron chi connectivity index (χ4n) is 2.66. The van der Waals surface area contributed by atoms with Gasteiger partial charge in [0.25, 0.3) is 5.91 Å². The van der Waals surface area contributed by atoms with E-state index in [1.165, 1.54) is 11.8 Å². The number of hydrogen-bond acceptors (Lipinski definition) is 4. The number of hydrazone groups is 1. The second kappa shape index (κ2) is 8.85. The Balaban J connectivity index is 1.56. The quantitative estimate of drug-likeness (QED) is 0.368. The molecule has 0 radical (unpaired) electrons. The topological polar surface area (TPSA) is 63.6 Å². The molecule has 0 saturated carbocycles. The molecule has 0 spiro atoms. The molecule has 1 aromatic heterocycles. The van der Waals surface area contributed by atoms with Crippen molar-refractivity contribution in [3.8, 4) is 5.75 Å². The predicted molar refractivity (Wildman–Crippen MR) is 113 cm³/mol. The van der Waals surface area contributed by atoms with Crippen LogP contribution in [0.5, 0.6) is 5.75 Å². The zero-order chi connectivity index (χ0) is 20.1. The van der Waals surface area contributed by atoms with E-state index in [2.05, 4.69) is 29.4 Å². The minimum atomic E-state index is -0.357. The van der Waals surface area contributed by atoms with Crippen LogP contribution in [0.1, 0.15) is 36.5 Å². The highest BCUT2D eigenvalue weighted by Gasteiger charge is 2.05. The molecule has 1 N–H and O–H groups in total. The number of fused-ring (bicyclic) bond motifs is 1. The van der Waals surface area contributed by atoms with Crippen molar-refractivity contribution in [1.82, 2.24) is 10.4 Å². The molecule has 3 aromatic rings. The smallest absolute Gasteiger partial charge is 0.277 e. The molecule has 1 amide bonds. The van der Waals surface area contributed by atoms with Crippen molar-refractivity contribution < 1.29 is 9.53 Å². The number of amides is 1. The molecule has 0 saturated heterocycles. The third-order valence-corrected chi connectivity index (χ3v) is 4.57. The third kappa shape index (κ3) is 5.08. The van der Waals surface area contributed by atoms with Gasteiger partial charge >= 0.3 is 0 Å². The molecule has 0 unspecified atom stereocenters. The van der Waals surface area contributed by atoms with Gasteiger partial charge in [-0.3, -0.25) is 4.79 Å². The molecule has 0 fully saturated rings.